The Bertz CT molecular complexity index is 102. The van der Waals surface area contributed by atoms with Gasteiger partial charge >= 0.3 is 75.8 Å². The Balaban J connectivity index is 3.16. The first-order chi connectivity index (χ1) is 4.31. The second kappa shape index (κ2) is 7.56. The van der Waals surface area contributed by atoms with Gasteiger partial charge < -0.3 is 0 Å². The van der Waals surface area contributed by atoms with E-state index >= 15 is 0 Å². The van der Waals surface area contributed by atoms with Crippen LogP contribution in [0.4, 0.5) is 0 Å². The van der Waals surface area contributed by atoms with E-state index in [1.165, 1.54) is 17.3 Å². The fourth-order valence-electron chi connectivity index (χ4n) is 0.434. The number of rotatable bonds is 5. The molecule has 0 aliphatic rings. The van der Waals surface area contributed by atoms with Crippen molar-refractivity contribution >= 4 is 51.6 Å². The summed E-state index contributed by atoms with van der Waals surface area (Å²) in [7, 11) is 7.04. The summed E-state index contributed by atoms with van der Waals surface area (Å²) in [6.45, 7) is 2.20. The van der Waals surface area contributed by atoms with Gasteiger partial charge in [-0.1, -0.05) is 0 Å². The standard InChI is InChI=1S/C4H9.CH2S2.S.Sn/c1-3-4-2;2-1-3;;/h1,3-4H2,2H3;1H,(H,2,3);;/q;;;+1/p-1. The second-order valence-electron chi connectivity index (χ2n) is 1.69. The molecule has 9 heavy (non-hydrogen) atoms. The number of thiocarbonyl (C=S) groups is 1. The number of hydrogen-bond acceptors (Lipinski definition) is 3. The molecule has 0 aromatic heterocycles. The molecule has 0 spiro atoms. The van der Waals surface area contributed by atoms with Crippen molar-refractivity contribution in [3.8, 4) is 0 Å². The van der Waals surface area contributed by atoms with Crippen LogP contribution in [0, 0.1) is 0 Å². The first-order valence-electron chi connectivity index (χ1n) is 2.94. The Kier molecular flexibility index (Phi) is 8.79. The van der Waals surface area contributed by atoms with Crippen LogP contribution in [0.3, 0.4) is 0 Å². The summed E-state index contributed by atoms with van der Waals surface area (Å²) >= 11 is 3.33. The van der Waals surface area contributed by atoms with Crippen LogP contribution < -0.4 is 0 Å². The maximum atomic E-state index is 5.26. The maximum absolute atomic E-state index is 5.26. The van der Waals surface area contributed by atoms with Crippen molar-refractivity contribution in [3.63, 3.8) is 0 Å². The van der Waals surface area contributed by atoms with Crippen molar-refractivity contribution in [2.45, 2.75) is 24.2 Å². The molecule has 4 heteroatoms. The topological polar surface area (TPSA) is 0 Å². The normalized spacial score (nSPS) is 9.00. The van der Waals surface area contributed by atoms with E-state index in [9.17, 15) is 0 Å². The Labute approximate surface area is 75.1 Å². The molecule has 0 aromatic rings. The zero-order valence-corrected chi connectivity index (χ0v) is 10.7. The van der Waals surface area contributed by atoms with E-state index in [1.54, 1.807) is 13.6 Å². The van der Waals surface area contributed by atoms with Gasteiger partial charge in [-0.05, 0) is 0 Å². The molecular weight excluding hydrogens is 275 g/mol. The summed E-state index contributed by atoms with van der Waals surface area (Å²) in [6.07, 6.45) is 2.59. The predicted octanol–water partition coefficient (Wildman–Crippen LogP) is 3.16. The fraction of sp³-hybridized carbons (Fsp3) is 0.800. The monoisotopic (exact) mass is 286 g/mol. The van der Waals surface area contributed by atoms with Crippen LogP contribution in [0.15, 0.2) is 0 Å². The zero-order chi connectivity index (χ0) is 7.11. The molecule has 0 aliphatic carbocycles. The van der Waals surface area contributed by atoms with Crippen molar-refractivity contribution in [2.24, 2.45) is 0 Å². The summed E-state index contributed by atoms with van der Waals surface area (Å²) in [5, 5.41) is 0. The molecule has 0 saturated carbocycles. The summed E-state index contributed by atoms with van der Waals surface area (Å²) in [5.74, 6) is 0. The van der Waals surface area contributed by atoms with E-state index in [-0.39, 0.29) is 0 Å². The van der Waals surface area contributed by atoms with E-state index in [4.69, 9.17) is 21.5 Å². The van der Waals surface area contributed by atoms with Crippen LogP contribution in [0.5, 0.6) is 0 Å². The number of unbranched alkanes of at least 4 members (excludes halogenated alkanes) is 1. The third-order valence-corrected chi connectivity index (χ3v) is 13.1. The van der Waals surface area contributed by atoms with Gasteiger partial charge in [0.05, 0.1) is 0 Å². The van der Waals surface area contributed by atoms with Crippen LogP contribution >= 0.6 is 30.5 Å². The molecule has 0 saturated heterocycles. The van der Waals surface area contributed by atoms with Crippen molar-refractivity contribution < 1.29 is 0 Å². The summed E-state index contributed by atoms with van der Waals surface area (Å²) in [4.78, 5) is 0. The first-order valence-corrected chi connectivity index (χ1v) is 13.7. The van der Waals surface area contributed by atoms with Crippen LogP contribution in [0.2, 0.25) is 4.44 Å². The Morgan fingerprint density at radius 1 is 1.67 bits per heavy atom. The molecule has 0 bridgehead atoms. The summed E-state index contributed by atoms with van der Waals surface area (Å²) in [6, 6.07) is 0. The average Bonchev–Trinajstić information content (AvgIpc) is 1.85. The van der Waals surface area contributed by atoms with E-state index < -0.39 is 16.4 Å². The van der Waals surface area contributed by atoms with Gasteiger partial charge in [-0.3, -0.25) is 0 Å². The van der Waals surface area contributed by atoms with Crippen molar-refractivity contribution in [3.05, 3.63) is 0 Å². The van der Waals surface area contributed by atoms with Crippen molar-refractivity contribution in [1.82, 2.24) is 0 Å². The quantitative estimate of drug-likeness (QED) is 0.562. The number of hydrogen-bond donors (Lipinski definition) is 0. The minimum atomic E-state index is -1.37. The summed E-state index contributed by atoms with van der Waals surface area (Å²) < 4.78 is 3.06. The van der Waals surface area contributed by atoms with Gasteiger partial charge in [0.15, 0.2) is 0 Å². The van der Waals surface area contributed by atoms with Gasteiger partial charge in [0.25, 0.3) is 0 Å². The zero-order valence-electron chi connectivity index (χ0n) is 5.42. The van der Waals surface area contributed by atoms with Crippen LogP contribution in [-0.2, 0) is 0 Å². The Morgan fingerprint density at radius 2 is 2.33 bits per heavy atom. The molecule has 0 unspecified atom stereocenters. The molecule has 0 N–H and O–H groups in total. The van der Waals surface area contributed by atoms with Gasteiger partial charge in [-0.15, -0.1) is 0 Å². The van der Waals surface area contributed by atoms with Crippen molar-refractivity contribution in [1.29, 1.82) is 0 Å². The third kappa shape index (κ3) is 7.35. The average molecular weight is 285 g/mol. The molecule has 0 fully saturated rings. The van der Waals surface area contributed by atoms with E-state index in [0.717, 1.165) is 0 Å². The second-order valence-corrected chi connectivity index (χ2v) is 16.6. The SMILES string of the molecule is CCC[CH2][Sn](=[S])[S]C=S. The van der Waals surface area contributed by atoms with Crippen molar-refractivity contribution in [2.75, 3.05) is 0 Å². The molecule has 0 nitrogen and oxygen atoms in total. The molecule has 0 aliphatic heterocycles. The first kappa shape index (κ1) is 10.5. The molecule has 0 amide bonds. The van der Waals surface area contributed by atoms with Crippen LogP contribution in [0.1, 0.15) is 19.8 Å². The van der Waals surface area contributed by atoms with Gasteiger partial charge in [0.1, 0.15) is 0 Å². The predicted molar refractivity (Wildman–Crippen MR) is 54.3 cm³/mol. The molecule has 0 aromatic carbocycles. The third-order valence-electron chi connectivity index (χ3n) is 0.914. The van der Waals surface area contributed by atoms with Gasteiger partial charge in [0, 0.05) is 0 Å². The van der Waals surface area contributed by atoms with Gasteiger partial charge in [0.2, 0.25) is 0 Å². The molecule has 0 atom stereocenters. The molecule has 52 valence electrons. The molecular formula is C5H10S3Sn. The van der Waals surface area contributed by atoms with Crippen LogP contribution in [0.25, 0.3) is 0 Å². The van der Waals surface area contributed by atoms with Crippen LogP contribution in [-0.4, -0.2) is 21.1 Å². The molecule has 0 heterocycles. The van der Waals surface area contributed by atoms with Gasteiger partial charge in [-0.25, -0.2) is 0 Å². The molecule has 0 radical (unpaired) electrons. The van der Waals surface area contributed by atoms with E-state index in [1.807, 2.05) is 0 Å². The van der Waals surface area contributed by atoms with E-state index in [0.29, 0.717) is 0 Å². The fourth-order valence-corrected chi connectivity index (χ4v) is 10.9. The Morgan fingerprint density at radius 3 is 2.78 bits per heavy atom. The Hall–Kier alpha value is 1.46. The molecule has 0 rings (SSSR count). The minimum absolute atomic E-state index is 1.28. The van der Waals surface area contributed by atoms with E-state index in [2.05, 4.69) is 6.92 Å². The van der Waals surface area contributed by atoms with Gasteiger partial charge in [-0.2, -0.15) is 0 Å². The summed E-state index contributed by atoms with van der Waals surface area (Å²) in [5.41, 5.74) is 0.